The van der Waals surface area contributed by atoms with Gasteiger partial charge in [-0.15, -0.1) is 0 Å². The summed E-state index contributed by atoms with van der Waals surface area (Å²) in [5, 5.41) is 8.98. The zero-order valence-electron chi connectivity index (χ0n) is 20.0. The summed E-state index contributed by atoms with van der Waals surface area (Å²) in [5.41, 5.74) is 5.75. The third kappa shape index (κ3) is 2.72. The van der Waals surface area contributed by atoms with Crippen LogP contribution in [0.15, 0.2) is 66.7 Å². The summed E-state index contributed by atoms with van der Waals surface area (Å²) >= 11 is 0. The van der Waals surface area contributed by atoms with Crippen LogP contribution < -0.4 is 10.4 Å². The molecule has 0 fully saturated rings. The van der Waals surface area contributed by atoms with Gasteiger partial charge in [-0.25, -0.2) is 0 Å². The predicted molar refractivity (Wildman–Crippen MR) is 141 cm³/mol. The molecule has 0 atom stereocenters. The molecule has 1 heterocycles. The Morgan fingerprint density at radius 2 is 1.32 bits per heavy atom. The lowest BCUT2D eigenvalue weighted by atomic mass is 9.84. The second kappa shape index (κ2) is 6.81. The van der Waals surface area contributed by atoms with Crippen LogP contribution in [-0.4, -0.2) is 8.07 Å². The fourth-order valence-corrected chi connectivity index (χ4v) is 12.6. The van der Waals surface area contributed by atoms with E-state index in [-0.39, 0.29) is 5.41 Å². The van der Waals surface area contributed by atoms with Gasteiger partial charge in [0.2, 0.25) is 0 Å². The van der Waals surface area contributed by atoms with Gasteiger partial charge in [0.15, 0.2) is 0 Å². The normalized spacial score (nSPS) is 15.1. The molecule has 0 saturated heterocycles. The molecule has 0 bridgehead atoms. The first-order valence-electron chi connectivity index (χ1n) is 11.8. The molecule has 158 valence electrons. The van der Waals surface area contributed by atoms with Crippen molar-refractivity contribution in [1.82, 2.24) is 0 Å². The van der Waals surface area contributed by atoms with Crippen molar-refractivity contribution in [1.29, 1.82) is 0 Å². The molecular formula is C30H34Si. The molecule has 4 aromatic rings. The van der Waals surface area contributed by atoms with Crippen LogP contribution in [0, 0.1) is 0 Å². The molecule has 31 heavy (non-hydrogen) atoms. The van der Waals surface area contributed by atoms with E-state index in [1.54, 1.807) is 10.4 Å². The van der Waals surface area contributed by atoms with E-state index in [9.17, 15) is 0 Å². The largest absolute Gasteiger partial charge is 0.124 e. The third-order valence-corrected chi connectivity index (χ3v) is 14.0. The number of hydrogen-bond donors (Lipinski definition) is 0. The Morgan fingerprint density at radius 3 is 2.00 bits per heavy atom. The van der Waals surface area contributed by atoms with E-state index >= 15 is 0 Å². The average Bonchev–Trinajstić information content (AvgIpc) is 2.72. The second-order valence-electron chi connectivity index (χ2n) is 11.1. The molecule has 0 radical (unpaired) electrons. The summed E-state index contributed by atoms with van der Waals surface area (Å²) in [6.45, 7) is 16.8. The van der Waals surface area contributed by atoms with Gasteiger partial charge in [0.05, 0.1) is 0 Å². The van der Waals surface area contributed by atoms with Gasteiger partial charge in [0, 0.05) is 0 Å². The van der Waals surface area contributed by atoms with E-state index in [0.717, 1.165) is 0 Å². The molecule has 0 saturated carbocycles. The Kier molecular flexibility index (Phi) is 4.50. The summed E-state index contributed by atoms with van der Waals surface area (Å²) in [5.74, 6) is 0. The molecule has 0 aliphatic carbocycles. The highest BCUT2D eigenvalue weighted by Crippen LogP contribution is 2.44. The highest BCUT2D eigenvalue weighted by atomic mass is 28.3. The first-order valence-corrected chi connectivity index (χ1v) is 13.9. The van der Waals surface area contributed by atoms with Gasteiger partial charge in [-0.3, -0.25) is 0 Å². The van der Waals surface area contributed by atoms with E-state index in [4.69, 9.17) is 0 Å². The van der Waals surface area contributed by atoms with Crippen molar-refractivity contribution in [3.63, 3.8) is 0 Å². The fourth-order valence-electron chi connectivity index (χ4n) is 6.38. The SMILES string of the molecule is CC(C)[Si]1(C(C)C)c2ccccc2-c2cc3cc(C(C)(C)C)ccc3c3cccc1c23. The van der Waals surface area contributed by atoms with Crippen LogP contribution in [-0.2, 0) is 5.41 Å². The quantitative estimate of drug-likeness (QED) is 0.230. The van der Waals surface area contributed by atoms with Crippen molar-refractivity contribution in [2.24, 2.45) is 0 Å². The molecule has 0 N–H and O–H groups in total. The first kappa shape index (κ1) is 20.5. The molecule has 5 rings (SSSR count). The molecular weight excluding hydrogens is 388 g/mol. The van der Waals surface area contributed by atoms with Crippen LogP contribution in [0.3, 0.4) is 0 Å². The standard InChI is InChI=1S/C30H34Si/c1-19(2)31(20(3)4)27-13-9-8-11-24(27)26-18-21-17-22(30(5,6)7)15-16-23(21)25-12-10-14-28(31)29(25)26/h8-20H,1-7H3. The van der Waals surface area contributed by atoms with Crippen LogP contribution in [0.5, 0.6) is 0 Å². The lowest BCUT2D eigenvalue weighted by molar-refractivity contribution is 0.591. The lowest BCUT2D eigenvalue weighted by Gasteiger charge is -2.45. The maximum atomic E-state index is 2.48. The molecule has 1 aliphatic heterocycles. The molecule has 1 heteroatoms. The molecule has 0 aromatic heterocycles. The topological polar surface area (TPSA) is 0 Å². The van der Waals surface area contributed by atoms with Gasteiger partial charge in [0.1, 0.15) is 8.07 Å². The summed E-state index contributed by atoms with van der Waals surface area (Å²) in [4.78, 5) is 0. The molecule has 0 amide bonds. The number of fused-ring (bicyclic) bond motifs is 4. The molecule has 4 aromatic carbocycles. The van der Waals surface area contributed by atoms with Crippen molar-refractivity contribution in [3.8, 4) is 11.1 Å². The second-order valence-corrected chi connectivity index (χ2v) is 16.2. The summed E-state index contributed by atoms with van der Waals surface area (Å²) in [6.07, 6.45) is 0. The lowest BCUT2D eigenvalue weighted by Crippen LogP contribution is -2.64. The maximum Gasteiger partial charge on any atom is 0.124 e. The van der Waals surface area contributed by atoms with E-state index in [0.29, 0.717) is 11.1 Å². The van der Waals surface area contributed by atoms with Crippen LogP contribution in [0.4, 0.5) is 0 Å². The summed E-state index contributed by atoms with van der Waals surface area (Å²) in [7, 11) is -1.94. The Balaban J connectivity index is 2.00. The highest BCUT2D eigenvalue weighted by Gasteiger charge is 2.48. The number of rotatable bonds is 2. The minimum Gasteiger partial charge on any atom is -0.0645 e. The number of benzene rings is 4. The molecule has 0 spiro atoms. The van der Waals surface area contributed by atoms with Crippen molar-refractivity contribution < 1.29 is 0 Å². The zero-order chi connectivity index (χ0) is 22.1. The Labute approximate surface area is 188 Å². The monoisotopic (exact) mass is 422 g/mol. The predicted octanol–water partition coefficient (Wildman–Crippen LogP) is 7.65. The van der Waals surface area contributed by atoms with Crippen LogP contribution in [0.2, 0.25) is 11.1 Å². The van der Waals surface area contributed by atoms with Crippen molar-refractivity contribution in [3.05, 3.63) is 72.3 Å². The average molecular weight is 423 g/mol. The summed E-state index contributed by atoms with van der Waals surface area (Å²) < 4.78 is 0. The Hall–Kier alpha value is -2.38. The zero-order valence-corrected chi connectivity index (χ0v) is 21.0. The van der Waals surface area contributed by atoms with E-state index in [1.807, 2.05) is 0 Å². The maximum absolute atomic E-state index is 2.48. The first-order chi connectivity index (χ1) is 14.7. The highest BCUT2D eigenvalue weighted by molar-refractivity contribution is 7.06. The third-order valence-electron chi connectivity index (χ3n) is 7.77. The van der Waals surface area contributed by atoms with Gasteiger partial charge in [-0.2, -0.15) is 0 Å². The molecule has 0 nitrogen and oxygen atoms in total. The van der Waals surface area contributed by atoms with Crippen LogP contribution in [0.25, 0.3) is 32.7 Å². The van der Waals surface area contributed by atoms with E-state index in [1.165, 1.54) is 38.2 Å². The van der Waals surface area contributed by atoms with E-state index < -0.39 is 8.07 Å². The number of hydrogen-bond acceptors (Lipinski definition) is 0. The van der Waals surface area contributed by atoms with Gasteiger partial charge >= 0.3 is 0 Å². The Morgan fingerprint density at radius 1 is 0.645 bits per heavy atom. The van der Waals surface area contributed by atoms with Crippen molar-refractivity contribution >= 4 is 40.0 Å². The minimum absolute atomic E-state index is 0.150. The minimum atomic E-state index is -1.94. The van der Waals surface area contributed by atoms with Crippen LogP contribution >= 0.6 is 0 Å². The van der Waals surface area contributed by atoms with Gasteiger partial charge < -0.3 is 0 Å². The van der Waals surface area contributed by atoms with Gasteiger partial charge in [-0.05, 0) is 71.2 Å². The Bertz CT molecular complexity index is 1310. The molecule has 0 unspecified atom stereocenters. The molecule has 1 aliphatic rings. The van der Waals surface area contributed by atoms with Crippen molar-refractivity contribution in [2.75, 3.05) is 0 Å². The van der Waals surface area contributed by atoms with Crippen molar-refractivity contribution in [2.45, 2.75) is 65.0 Å². The van der Waals surface area contributed by atoms with Crippen LogP contribution in [0.1, 0.15) is 54.0 Å². The fraction of sp³-hybridized carbons (Fsp3) is 0.333. The van der Waals surface area contributed by atoms with E-state index in [2.05, 4.69) is 115 Å². The van der Waals surface area contributed by atoms with Gasteiger partial charge in [0.25, 0.3) is 0 Å². The summed E-state index contributed by atoms with van der Waals surface area (Å²) in [6, 6.07) is 26.1. The smallest absolute Gasteiger partial charge is 0.0645 e. The van der Waals surface area contributed by atoms with Gasteiger partial charge in [-0.1, -0.05) is 109 Å².